The lowest BCUT2D eigenvalue weighted by Gasteiger charge is -2.10. The molecule has 1 amide bonds. The first kappa shape index (κ1) is 16.3. The molecule has 1 aromatic rings. The average molecular weight is 311 g/mol. The number of amides is 1. The molecule has 0 spiro atoms. The molecule has 0 radical (unpaired) electrons. The maximum atomic E-state index is 12.4. The van der Waals surface area contributed by atoms with Crippen LogP contribution in [0.1, 0.15) is 17.5 Å². The lowest BCUT2D eigenvalue weighted by atomic mass is 10.1. The molecule has 2 N–H and O–H groups in total. The molecule has 0 heterocycles. The fourth-order valence-corrected chi connectivity index (χ4v) is 2.20. The number of halogens is 3. The van der Waals surface area contributed by atoms with Crippen molar-refractivity contribution in [3.63, 3.8) is 0 Å². The summed E-state index contributed by atoms with van der Waals surface area (Å²) in [6, 6.07) is 4.45. The van der Waals surface area contributed by atoms with E-state index < -0.39 is 11.7 Å². The van der Waals surface area contributed by atoms with E-state index >= 15 is 0 Å². The topological polar surface area (TPSA) is 49.3 Å². The van der Waals surface area contributed by atoms with Gasteiger partial charge in [0, 0.05) is 24.6 Å². The standard InChI is InChI=1S/C16H16F3NO2/c17-16(18,19)13-5-1-11(2-6-13)4-8-15(22)20-14-7-3-12(9-14)10-21/h1-8,12,14,21H,9-10H2,(H,20,22)/b8-4+/t12-,14+/m0/s1. The van der Waals surface area contributed by atoms with E-state index in [0.29, 0.717) is 12.0 Å². The second kappa shape index (κ2) is 6.79. The van der Waals surface area contributed by atoms with Crippen molar-refractivity contribution in [3.8, 4) is 0 Å². The first-order chi connectivity index (χ1) is 10.4. The molecule has 0 saturated heterocycles. The van der Waals surface area contributed by atoms with Crippen LogP contribution in [0.15, 0.2) is 42.5 Å². The first-order valence-corrected chi connectivity index (χ1v) is 6.83. The van der Waals surface area contributed by atoms with Gasteiger partial charge in [-0.3, -0.25) is 4.79 Å². The molecule has 0 bridgehead atoms. The number of hydrogen-bond donors (Lipinski definition) is 2. The molecule has 0 aliphatic heterocycles. The summed E-state index contributed by atoms with van der Waals surface area (Å²) in [4.78, 5) is 11.7. The maximum Gasteiger partial charge on any atom is 0.416 e. The van der Waals surface area contributed by atoms with E-state index in [1.165, 1.54) is 24.3 Å². The molecule has 1 aromatic carbocycles. The number of rotatable bonds is 4. The highest BCUT2D eigenvalue weighted by atomic mass is 19.4. The monoisotopic (exact) mass is 311 g/mol. The molecular formula is C16H16F3NO2. The highest BCUT2D eigenvalue weighted by molar-refractivity contribution is 5.92. The third-order valence-corrected chi connectivity index (χ3v) is 3.40. The summed E-state index contributed by atoms with van der Waals surface area (Å²) in [7, 11) is 0. The molecule has 1 aliphatic rings. The molecule has 0 fully saturated rings. The molecule has 6 heteroatoms. The molecule has 0 saturated carbocycles. The van der Waals surface area contributed by atoms with Crippen LogP contribution in [0.25, 0.3) is 6.08 Å². The molecule has 118 valence electrons. The molecule has 2 rings (SSSR count). The Kier molecular flexibility index (Phi) is 5.03. The van der Waals surface area contributed by atoms with Gasteiger partial charge in [-0.05, 0) is 30.2 Å². The van der Waals surface area contributed by atoms with E-state index in [2.05, 4.69) is 5.32 Å². The number of nitrogens with one attached hydrogen (secondary N) is 1. The molecule has 3 nitrogen and oxygen atoms in total. The summed E-state index contributed by atoms with van der Waals surface area (Å²) < 4.78 is 37.2. The number of benzene rings is 1. The van der Waals surface area contributed by atoms with Crippen LogP contribution in [-0.2, 0) is 11.0 Å². The van der Waals surface area contributed by atoms with Crippen molar-refractivity contribution in [2.45, 2.75) is 18.6 Å². The fourth-order valence-electron chi connectivity index (χ4n) is 2.20. The van der Waals surface area contributed by atoms with Gasteiger partial charge in [-0.15, -0.1) is 0 Å². The number of carbonyl (C=O) groups is 1. The highest BCUT2D eigenvalue weighted by Gasteiger charge is 2.29. The van der Waals surface area contributed by atoms with Gasteiger partial charge in [-0.2, -0.15) is 13.2 Å². The Morgan fingerprint density at radius 3 is 2.50 bits per heavy atom. The third kappa shape index (κ3) is 4.46. The van der Waals surface area contributed by atoms with E-state index in [1.54, 1.807) is 0 Å². The Morgan fingerprint density at radius 2 is 1.95 bits per heavy atom. The minimum Gasteiger partial charge on any atom is -0.396 e. The van der Waals surface area contributed by atoms with Crippen LogP contribution in [0.4, 0.5) is 13.2 Å². The highest BCUT2D eigenvalue weighted by Crippen LogP contribution is 2.29. The Labute approximate surface area is 126 Å². The van der Waals surface area contributed by atoms with Crippen LogP contribution in [0.2, 0.25) is 0 Å². The smallest absolute Gasteiger partial charge is 0.396 e. The van der Waals surface area contributed by atoms with Crippen LogP contribution >= 0.6 is 0 Å². The van der Waals surface area contributed by atoms with E-state index in [9.17, 15) is 18.0 Å². The van der Waals surface area contributed by atoms with Crippen molar-refractivity contribution in [3.05, 3.63) is 53.6 Å². The van der Waals surface area contributed by atoms with Crippen LogP contribution in [0.3, 0.4) is 0 Å². The van der Waals surface area contributed by atoms with Crippen LogP contribution < -0.4 is 5.32 Å². The zero-order chi connectivity index (χ0) is 16.2. The minimum absolute atomic E-state index is 0.0459. The van der Waals surface area contributed by atoms with Gasteiger partial charge in [0.15, 0.2) is 0 Å². The maximum absolute atomic E-state index is 12.4. The van der Waals surface area contributed by atoms with Crippen molar-refractivity contribution in [2.24, 2.45) is 5.92 Å². The molecular weight excluding hydrogens is 295 g/mol. The first-order valence-electron chi connectivity index (χ1n) is 6.83. The number of aliphatic hydroxyl groups excluding tert-OH is 1. The Bertz CT molecular complexity index is 576. The van der Waals surface area contributed by atoms with Gasteiger partial charge in [0.1, 0.15) is 0 Å². The predicted molar refractivity (Wildman–Crippen MR) is 76.7 cm³/mol. The van der Waals surface area contributed by atoms with Crippen molar-refractivity contribution in [1.29, 1.82) is 0 Å². The van der Waals surface area contributed by atoms with Gasteiger partial charge in [0.05, 0.1) is 5.56 Å². The van der Waals surface area contributed by atoms with Gasteiger partial charge in [0.2, 0.25) is 5.91 Å². The van der Waals surface area contributed by atoms with E-state index in [-0.39, 0.29) is 24.5 Å². The second-order valence-corrected chi connectivity index (χ2v) is 5.13. The van der Waals surface area contributed by atoms with Crippen molar-refractivity contribution < 1.29 is 23.1 Å². The molecule has 0 aromatic heterocycles. The Balaban J connectivity index is 1.89. The predicted octanol–water partition coefficient (Wildman–Crippen LogP) is 2.77. The zero-order valence-electron chi connectivity index (χ0n) is 11.7. The van der Waals surface area contributed by atoms with Gasteiger partial charge < -0.3 is 10.4 Å². The van der Waals surface area contributed by atoms with Crippen LogP contribution in [0.5, 0.6) is 0 Å². The fraction of sp³-hybridized carbons (Fsp3) is 0.312. The summed E-state index contributed by atoms with van der Waals surface area (Å²) >= 11 is 0. The van der Waals surface area contributed by atoms with E-state index in [0.717, 1.165) is 12.1 Å². The van der Waals surface area contributed by atoms with Gasteiger partial charge in [-0.25, -0.2) is 0 Å². The van der Waals surface area contributed by atoms with E-state index in [4.69, 9.17) is 5.11 Å². The van der Waals surface area contributed by atoms with Crippen LogP contribution in [0, 0.1) is 5.92 Å². The number of hydrogen-bond acceptors (Lipinski definition) is 2. The summed E-state index contributed by atoms with van der Waals surface area (Å²) in [5, 5.41) is 11.7. The van der Waals surface area contributed by atoms with Crippen molar-refractivity contribution in [1.82, 2.24) is 5.32 Å². The van der Waals surface area contributed by atoms with Crippen molar-refractivity contribution in [2.75, 3.05) is 6.61 Å². The minimum atomic E-state index is -4.36. The summed E-state index contributed by atoms with van der Waals surface area (Å²) in [6.45, 7) is 0.0459. The number of carbonyl (C=O) groups excluding carboxylic acids is 1. The third-order valence-electron chi connectivity index (χ3n) is 3.40. The second-order valence-electron chi connectivity index (χ2n) is 5.13. The quantitative estimate of drug-likeness (QED) is 0.663. The Morgan fingerprint density at radius 1 is 1.27 bits per heavy atom. The molecule has 1 aliphatic carbocycles. The lowest BCUT2D eigenvalue weighted by molar-refractivity contribution is -0.137. The largest absolute Gasteiger partial charge is 0.416 e. The SMILES string of the molecule is O=C(/C=C/c1ccc(C(F)(F)F)cc1)N[C@@H]1C=C[C@H](CO)C1. The van der Waals surface area contributed by atoms with Gasteiger partial charge in [-0.1, -0.05) is 24.3 Å². The summed E-state index contributed by atoms with van der Waals surface area (Å²) in [5.41, 5.74) is -0.210. The molecule has 22 heavy (non-hydrogen) atoms. The zero-order valence-corrected chi connectivity index (χ0v) is 11.7. The Hall–Kier alpha value is -2.08. The van der Waals surface area contributed by atoms with Crippen molar-refractivity contribution >= 4 is 12.0 Å². The van der Waals surface area contributed by atoms with Gasteiger partial charge >= 0.3 is 6.18 Å². The van der Waals surface area contributed by atoms with E-state index in [1.807, 2.05) is 12.2 Å². The molecule has 2 atom stereocenters. The normalized spacial score (nSPS) is 21.5. The summed E-state index contributed by atoms with van der Waals surface area (Å²) in [6.07, 6.45) is 2.70. The molecule has 0 unspecified atom stereocenters. The number of alkyl halides is 3. The van der Waals surface area contributed by atoms with Crippen LogP contribution in [-0.4, -0.2) is 23.7 Å². The summed E-state index contributed by atoms with van der Waals surface area (Å²) in [5.74, 6) is -0.266. The number of aliphatic hydroxyl groups is 1. The lowest BCUT2D eigenvalue weighted by Crippen LogP contribution is -2.31. The van der Waals surface area contributed by atoms with Gasteiger partial charge in [0.25, 0.3) is 0 Å². The average Bonchev–Trinajstić information content (AvgIpc) is 2.92.